The van der Waals surface area contributed by atoms with Gasteiger partial charge in [0, 0.05) is 47.8 Å². The molecule has 0 radical (unpaired) electrons. The monoisotopic (exact) mass is 658 g/mol. The SMILES string of the molecule is c1ccc(-c2cccc(-c3nc(-c4ccc5sc6ccccc6c5c4)nc(-c4cccc5ccc6nc(-c7ccccc7)oc6c45)n3)c2)cc1. The zero-order valence-electron chi connectivity index (χ0n) is 26.6. The molecule has 0 spiro atoms. The summed E-state index contributed by atoms with van der Waals surface area (Å²) in [6.45, 7) is 0. The van der Waals surface area contributed by atoms with Crippen molar-refractivity contribution in [1.29, 1.82) is 0 Å². The highest BCUT2D eigenvalue weighted by atomic mass is 32.1. The molecule has 234 valence electrons. The van der Waals surface area contributed by atoms with Gasteiger partial charge in [-0.2, -0.15) is 0 Å². The summed E-state index contributed by atoms with van der Waals surface area (Å²) in [4.78, 5) is 20.4. The fourth-order valence-corrected chi connectivity index (χ4v) is 7.82. The van der Waals surface area contributed by atoms with E-state index >= 15 is 0 Å². The number of rotatable bonds is 5. The van der Waals surface area contributed by atoms with Crippen molar-refractivity contribution in [2.45, 2.75) is 0 Å². The minimum atomic E-state index is 0.571. The maximum absolute atomic E-state index is 6.52. The van der Waals surface area contributed by atoms with Gasteiger partial charge in [-0.3, -0.25) is 0 Å². The highest BCUT2D eigenvalue weighted by Crippen LogP contribution is 2.39. The topological polar surface area (TPSA) is 64.7 Å². The minimum absolute atomic E-state index is 0.571. The third kappa shape index (κ3) is 4.85. The van der Waals surface area contributed by atoms with Crippen molar-refractivity contribution >= 4 is 53.4 Å². The minimum Gasteiger partial charge on any atom is -0.435 e. The first-order chi connectivity index (χ1) is 24.7. The lowest BCUT2D eigenvalue weighted by Gasteiger charge is -2.11. The molecular weight excluding hydrogens is 633 g/mol. The first-order valence-corrected chi connectivity index (χ1v) is 17.3. The van der Waals surface area contributed by atoms with Crippen molar-refractivity contribution in [3.8, 4) is 56.7 Å². The second-order valence-corrected chi connectivity index (χ2v) is 13.3. The van der Waals surface area contributed by atoms with Crippen molar-refractivity contribution in [3.05, 3.63) is 158 Å². The highest BCUT2D eigenvalue weighted by molar-refractivity contribution is 7.25. The van der Waals surface area contributed by atoms with E-state index in [1.54, 1.807) is 11.3 Å². The smallest absolute Gasteiger partial charge is 0.227 e. The van der Waals surface area contributed by atoms with Crippen LogP contribution in [0.2, 0.25) is 0 Å². The van der Waals surface area contributed by atoms with Gasteiger partial charge in [-0.1, -0.05) is 109 Å². The van der Waals surface area contributed by atoms with Crippen molar-refractivity contribution in [2.75, 3.05) is 0 Å². The Hall–Kier alpha value is -6.50. The number of benzene rings is 7. The van der Waals surface area contributed by atoms with Crippen molar-refractivity contribution in [2.24, 2.45) is 0 Å². The van der Waals surface area contributed by atoms with Gasteiger partial charge in [-0.15, -0.1) is 11.3 Å². The quantitative estimate of drug-likeness (QED) is 0.184. The first kappa shape index (κ1) is 28.5. The highest BCUT2D eigenvalue weighted by Gasteiger charge is 2.19. The molecule has 3 aromatic heterocycles. The van der Waals surface area contributed by atoms with Crippen LogP contribution >= 0.6 is 11.3 Å². The lowest BCUT2D eigenvalue weighted by Crippen LogP contribution is -2.01. The summed E-state index contributed by atoms with van der Waals surface area (Å²) in [5.41, 5.74) is 7.34. The van der Waals surface area contributed by atoms with Gasteiger partial charge in [0.25, 0.3) is 0 Å². The normalized spacial score (nSPS) is 11.6. The second kappa shape index (κ2) is 11.6. The van der Waals surface area contributed by atoms with Gasteiger partial charge in [0.1, 0.15) is 5.52 Å². The van der Waals surface area contributed by atoms with Crippen molar-refractivity contribution in [1.82, 2.24) is 19.9 Å². The summed E-state index contributed by atoms with van der Waals surface area (Å²) in [7, 11) is 0. The Morgan fingerprint density at radius 1 is 0.420 bits per heavy atom. The summed E-state index contributed by atoms with van der Waals surface area (Å²) in [6.07, 6.45) is 0. The van der Waals surface area contributed by atoms with E-state index in [1.165, 1.54) is 20.2 Å². The predicted octanol–water partition coefficient (Wildman–Crippen LogP) is 11.9. The molecule has 0 saturated heterocycles. The maximum atomic E-state index is 6.52. The van der Waals surface area contributed by atoms with Crippen molar-refractivity contribution in [3.63, 3.8) is 0 Å². The molecule has 5 nitrogen and oxygen atoms in total. The number of nitrogens with zero attached hydrogens (tertiary/aromatic N) is 4. The van der Waals surface area contributed by atoms with Crippen LogP contribution in [0.5, 0.6) is 0 Å². The Kier molecular flexibility index (Phi) is 6.60. The third-order valence-corrected chi connectivity index (χ3v) is 10.3. The molecule has 0 unspecified atom stereocenters. The Bertz CT molecular complexity index is 2880. The zero-order valence-corrected chi connectivity index (χ0v) is 27.4. The molecule has 0 aliphatic heterocycles. The average molecular weight is 659 g/mol. The van der Waals surface area contributed by atoms with E-state index in [2.05, 4.69) is 109 Å². The molecule has 6 heteroatoms. The lowest BCUT2D eigenvalue weighted by atomic mass is 10.0. The molecule has 0 bridgehead atoms. The van der Waals surface area contributed by atoms with Crippen LogP contribution in [-0.4, -0.2) is 19.9 Å². The number of fused-ring (bicyclic) bond motifs is 6. The molecule has 0 saturated carbocycles. The molecule has 0 aliphatic rings. The Labute approximate surface area is 291 Å². The van der Waals surface area contributed by atoms with Gasteiger partial charge in [-0.05, 0) is 65.0 Å². The molecule has 0 fully saturated rings. The lowest BCUT2D eigenvalue weighted by molar-refractivity contribution is 0.623. The Balaban J connectivity index is 1.21. The van der Waals surface area contributed by atoms with E-state index < -0.39 is 0 Å². The largest absolute Gasteiger partial charge is 0.435 e. The van der Waals surface area contributed by atoms with Crippen LogP contribution in [0.1, 0.15) is 0 Å². The molecule has 3 heterocycles. The fraction of sp³-hybridized carbons (Fsp3) is 0. The van der Waals surface area contributed by atoms with Gasteiger partial charge >= 0.3 is 0 Å². The Morgan fingerprint density at radius 3 is 1.92 bits per heavy atom. The van der Waals surface area contributed by atoms with Crippen molar-refractivity contribution < 1.29 is 4.42 Å². The van der Waals surface area contributed by atoms with Crippen LogP contribution in [0.15, 0.2) is 162 Å². The van der Waals surface area contributed by atoms with Crippen LogP contribution in [-0.2, 0) is 0 Å². The summed E-state index contributed by atoms with van der Waals surface area (Å²) in [5.74, 6) is 2.36. The van der Waals surface area contributed by atoms with Crippen LogP contribution in [0.4, 0.5) is 0 Å². The molecule has 10 rings (SSSR count). The zero-order chi connectivity index (χ0) is 33.0. The van der Waals surface area contributed by atoms with Gasteiger partial charge in [0.05, 0.1) is 0 Å². The molecular formula is C44H26N4OS. The van der Waals surface area contributed by atoms with E-state index in [1.807, 2.05) is 48.5 Å². The summed E-state index contributed by atoms with van der Waals surface area (Å²) >= 11 is 1.80. The number of oxazole rings is 1. The summed E-state index contributed by atoms with van der Waals surface area (Å²) in [6, 6.07) is 54.1. The van der Waals surface area contributed by atoms with Crippen LogP contribution in [0.3, 0.4) is 0 Å². The Morgan fingerprint density at radius 2 is 1.08 bits per heavy atom. The fourth-order valence-electron chi connectivity index (χ4n) is 6.73. The van der Waals surface area contributed by atoms with E-state index in [4.69, 9.17) is 24.4 Å². The van der Waals surface area contributed by atoms with Gasteiger partial charge in [0.2, 0.25) is 5.89 Å². The summed E-state index contributed by atoms with van der Waals surface area (Å²) in [5, 5.41) is 4.36. The van der Waals surface area contributed by atoms with Crippen LogP contribution < -0.4 is 0 Å². The third-order valence-electron chi connectivity index (χ3n) is 9.16. The standard InChI is InChI=1S/C44H26N4OS/c1-3-11-27(12-4-1)30-16-9-17-31(25-30)41-46-42(32-22-24-38-35(26-32)33-18-7-8-20-37(33)50-38)48-43(47-41)34-19-10-15-28-21-23-36-40(39(28)34)49-44(45-36)29-13-5-2-6-14-29/h1-26H. The second-order valence-electron chi connectivity index (χ2n) is 12.3. The van der Waals surface area contributed by atoms with E-state index in [0.717, 1.165) is 49.7 Å². The summed E-state index contributed by atoms with van der Waals surface area (Å²) < 4.78 is 9.02. The molecule has 0 aliphatic carbocycles. The van der Waals surface area contributed by atoms with Gasteiger partial charge in [-0.25, -0.2) is 19.9 Å². The predicted molar refractivity (Wildman–Crippen MR) is 205 cm³/mol. The number of hydrogen-bond donors (Lipinski definition) is 0. The molecule has 0 amide bonds. The number of thiophene rings is 1. The van der Waals surface area contributed by atoms with Crippen LogP contribution in [0.25, 0.3) is 98.8 Å². The molecule has 7 aromatic carbocycles. The molecule has 10 aromatic rings. The average Bonchev–Trinajstić information content (AvgIpc) is 3.80. The molecule has 0 atom stereocenters. The van der Waals surface area contributed by atoms with Gasteiger partial charge in [0.15, 0.2) is 23.1 Å². The van der Waals surface area contributed by atoms with E-state index in [0.29, 0.717) is 28.9 Å². The maximum Gasteiger partial charge on any atom is 0.227 e. The molecule has 0 N–H and O–H groups in total. The molecule has 50 heavy (non-hydrogen) atoms. The first-order valence-electron chi connectivity index (χ1n) is 16.5. The number of hydrogen-bond acceptors (Lipinski definition) is 6. The van der Waals surface area contributed by atoms with Crippen LogP contribution in [0, 0.1) is 0 Å². The van der Waals surface area contributed by atoms with E-state index in [-0.39, 0.29) is 0 Å². The number of aromatic nitrogens is 4. The van der Waals surface area contributed by atoms with Gasteiger partial charge < -0.3 is 4.42 Å². The van der Waals surface area contributed by atoms with E-state index in [9.17, 15) is 0 Å².